The van der Waals surface area contributed by atoms with Gasteiger partial charge in [0.1, 0.15) is 17.9 Å². The Labute approximate surface area is 89.6 Å². The van der Waals surface area contributed by atoms with Crippen LogP contribution >= 0.6 is 0 Å². The third-order valence-electron chi connectivity index (χ3n) is 3.51. The van der Waals surface area contributed by atoms with Crippen molar-refractivity contribution < 1.29 is 9.57 Å². The number of hydrogen-bond acceptors (Lipinski definition) is 3. The molecule has 1 aromatic carbocycles. The van der Waals surface area contributed by atoms with Crippen LogP contribution in [-0.4, -0.2) is 25.3 Å². The molecule has 0 radical (unpaired) electrons. The zero-order valence-corrected chi connectivity index (χ0v) is 9.12. The SMILES string of the molecule is CON1CCc2cccc3c2[C@]1(C)CO3. The Balaban J connectivity index is 2.19. The van der Waals surface area contributed by atoms with Gasteiger partial charge in [-0.05, 0) is 25.0 Å². The number of rotatable bonds is 1. The van der Waals surface area contributed by atoms with E-state index in [1.165, 1.54) is 11.1 Å². The summed E-state index contributed by atoms with van der Waals surface area (Å²) in [7, 11) is 1.73. The molecule has 3 rings (SSSR count). The third kappa shape index (κ3) is 1.08. The van der Waals surface area contributed by atoms with Crippen LogP contribution in [-0.2, 0) is 16.8 Å². The van der Waals surface area contributed by atoms with E-state index in [0.29, 0.717) is 6.61 Å². The van der Waals surface area contributed by atoms with Crippen molar-refractivity contribution in [2.75, 3.05) is 20.3 Å². The Bertz CT molecular complexity index is 405. The van der Waals surface area contributed by atoms with Crippen LogP contribution in [0.3, 0.4) is 0 Å². The van der Waals surface area contributed by atoms with Gasteiger partial charge in [0.25, 0.3) is 0 Å². The van der Waals surface area contributed by atoms with Crippen molar-refractivity contribution in [1.82, 2.24) is 5.06 Å². The lowest BCUT2D eigenvalue weighted by atomic mass is 9.85. The van der Waals surface area contributed by atoms with Gasteiger partial charge in [0.2, 0.25) is 0 Å². The van der Waals surface area contributed by atoms with Gasteiger partial charge in [-0.1, -0.05) is 12.1 Å². The smallest absolute Gasteiger partial charge is 0.124 e. The molecule has 80 valence electrons. The maximum absolute atomic E-state index is 5.74. The number of benzene rings is 1. The van der Waals surface area contributed by atoms with E-state index < -0.39 is 0 Å². The van der Waals surface area contributed by atoms with E-state index in [-0.39, 0.29) is 5.54 Å². The van der Waals surface area contributed by atoms with Crippen LogP contribution in [0.25, 0.3) is 0 Å². The van der Waals surface area contributed by atoms with Gasteiger partial charge >= 0.3 is 0 Å². The van der Waals surface area contributed by atoms with Gasteiger partial charge in [-0.2, -0.15) is 5.06 Å². The van der Waals surface area contributed by atoms with Crippen LogP contribution < -0.4 is 4.74 Å². The fourth-order valence-electron chi connectivity index (χ4n) is 2.77. The molecule has 0 saturated heterocycles. The number of hydroxylamine groups is 2. The lowest BCUT2D eigenvalue weighted by Crippen LogP contribution is -2.48. The second-order valence-corrected chi connectivity index (χ2v) is 4.39. The number of ether oxygens (including phenoxy) is 1. The zero-order chi connectivity index (χ0) is 10.5. The van der Waals surface area contributed by atoms with Crippen LogP contribution in [0, 0.1) is 0 Å². The van der Waals surface area contributed by atoms with Gasteiger partial charge in [-0.15, -0.1) is 0 Å². The molecule has 0 unspecified atom stereocenters. The standard InChI is InChI=1S/C12H15NO2/c1-12-8-15-10-5-3-4-9(11(10)12)6-7-13(12)14-2/h3-5H,6-8H2,1-2H3/t12-/m0/s1. The van der Waals surface area contributed by atoms with Crippen molar-refractivity contribution in [3.05, 3.63) is 29.3 Å². The van der Waals surface area contributed by atoms with E-state index in [9.17, 15) is 0 Å². The molecule has 0 spiro atoms. The quantitative estimate of drug-likeness (QED) is 0.696. The summed E-state index contributed by atoms with van der Waals surface area (Å²) in [4.78, 5) is 5.44. The number of nitrogens with zero attached hydrogens (tertiary/aromatic N) is 1. The largest absolute Gasteiger partial charge is 0.491 e. The maximum atomic E-state index is 5.74. The van der Waals surface area contributed by atoms with Gasteiger partial charge in [-0.25, -0.2) is 0 Å². The lowest BCUT2D eigenvalue weighted by Gasteiger charge is -2.39. The average molecular weight is 205 g/mol. The van der Waals surface area contributed by atoms with Gasteiger partial charge in [0.05, 0.1) is 7.11 Å². The monoisotopic (exact) mass is 205 g/mol. The summed E-state index contributed by atoms with van der Waals surface area (Å²) in [6, 6.07) is 6.31. The maximum Gasteiger partial charge on any atom is 0.124 e. The predicted molar refractivity (Wildman–Crippen MR) is 56.7 cm³/mol. The minimum Gasteiger partial charge on any atom is -0.491 e. The Morgan fingerprint density at radius 3 is 3.13 bits per heavy atom. The normalized spacial score (nSPS) is 28.7. The predicted octanol–water partition coefficient (Wildman–Crippen LogP) is 1.71. The molecular weight excluding hydrogens is 190 g/mol. The highest BCUT2D eigenvalue weighted by Crippen LogP contribution is 2.45. The molecule has 0 N–H and O–H groups in total. The van der Waals surface area contributed by atoms with Crippen molar-refractivity contribution in [2.45, 2.75) is 18.9 Å². The topological polar surface area (TPSA) is 21.7 Å². The Morgan fingerprint density at radius 2 is 2.33 bits per heavy atom. The summed E-state index contributed by atoms with van der Waals surface area (Å²) in [5.74, 6) is 1.02. The molecule has 0 bridgehead atoms. The highest BCUT2D eigenvalue weighted by Gasteiger charge is 2.46. The molecule has 1 aromatic rings. The Hall–Kier alpha value is -1.06. The molecule has 0 amide bonds. The van der Waals surface area contributed by atoms with E-state index >= 15 is 0 Å². The third-order valence-corrected chi connectivity index (χ3v) is 3.51. The molecule has 0 aromatic heterocycles. The van der Waals surface area contributed by atoms with E-state index in [1.54, 1.807) is 7.11 Å². The molecule has 15 heavy (non-hydrogen) atoms. The zero-order valence-electron chi connectivity index (χ0n) is 9.12. The second kappa shape index (κ2) is 2.97. The van der Waals surface area contributed by atoms with Gasteiger partial charge in [0, 0.05) is 12.1 Å². The molecule has 0 fully saturated rings. The Kier molecular flexibility index (Phi) is 1.82. The lowest BCUT2D eigenvalue weighted by molar-refractivity contribution is -0.207. The van der Waals surface area contributed by atoms with Crippen molar-refractivity contribution in [1.29, 1.82) is 0 Å². The van der Waals surface area contributed by atoms with Crippen molar-refractivity contribution in [3.63, 3.8) is 0 Å². The number of hydrogen-bond donors (Lipinski definition) is 0. The first kappa shape index (κ1) is 9.19. The molecule has 3 heteroatoms. The summed E-state index contributed by atoms with van der Waals surface area (Å²) in [6.07, 6.45) is 1.04. The fraction of sp³-hybridized carbons (Fsp3) is 0.500. The molecule has 2 heterocycles. The van der Waals surface area contributed by atoms with E-state index in [2.05, 4.69) is 19.1 Å². The minimum atomic E-state index is -0.0983. The van der Waals surface area contributed by atoms with Crippen LogP contribution in [0.5, 0.6) is 5.75 Å². The van der Waals surface area contributed by atoms with Crippen molar-refractivity contribution in [3.8, 4) is 5.75 Å². The summed E-state index contributed by atoms with van der Waals surface area (Å²) in [5.41, 5.74) is 2.62. The van der Waals surface area contributed by atoms with Crippen molar-refractivity contribution >= 4 is 0 Å². The molecular formula is C12H15NO2. The second-order valence-electron chi connectivity index (χ2n) is 4.39. The summed E-state index contributed by atoms with van der Waals surface area (Å²) < 4.78 is 5.74. The van der Waals surface area contributed by atoms with Crippen LogP contribution in [0.1, 0.15) is 18.1 Å². The molecule has 2 aliphatic heterocycles. The van der Waals surface area contributed by atoms with Gasteiger partial charge < -0.3 is 9.57 Å². The highest BCUT2D eigenvalue weighted by atomic mass is 16.7. The molecule has 3 nitrogen and oxygen atoms in total. The van der Waals surface area contributed by atoms with Gasteiger partial charge in [-0.3, -0.25) is 0 Å². The minimum absolute atomic E-state index is 0.0983. The summed E-state index contributed by atoms with van der Waals surface area (Å²) >= 11 is 0. The van der Waals surface area contributed by atoms with Crippen molar-refractivity contribution in [2.24, 2.45) is 0 Å². The van der Waals surface area contributed by atoms with Crippen LogP contribution in [0.15, 0.2) is 18.2 Å². The van der Waals surface area contributed by atoms with E-state index in [1.807, 2.05) is 11.1 Å². The van der Waals surface area contributed by atoms with Crippen LogP contribution in [0.4, 0.5) is 0 Å². The van der Waals surface area contributed by atoms with Crippen LogP contribution in [0.2, 0.25) is 0 Å². The molecule has 2 aliphatic rings. The van der Waals surface area contributed by atoms with Gasteiger partial charge in [0.15, 0.2) is 0 Å². The fourth-order valence-corrected chi connectivity index (χ4v) is 2.77. The first-order chi connectivity index (χ1) is 7.25. The summed E-state index contributed by atoms with van der Waals surface area (Å²) in [5, 5.41) is 2.03. The first-order valence-corrected chi connectivity index (χ1v) is 5.32. The molecule has 0 aliphatic carbocycles. The average Bonchev–Trinajstić information content (AvgIpc) is 2.60. The highest BCUT2D eigenvalue weighted by molar-refractivity contribution is 5.49. The Morgan fingerprint density at radius 1 is 1.47 bits per heavy atom. The van der Waals surface area contributed by atoms with E-state index in [0.717, 1.165) is 18.7 Å². The first-order valence-electron chi connectivity index (χ1n) is 5.32. The molecule has 1 atom stereocenters. The summed E-state index contributed by atoms with van der Waals surface area (Å²) in [6.45, 7) is 3.81. The molecule has 0 saturated carbocycles. The van der Waals surface area contributed by atoms with E-state index in [4.69, 9.17) is 9.57 Å².